The predicted molar refractivity (Wildman–Crippen MR) is 79.1 cm³/mol. The van der Waals surface area contributed by atoms with Crippen molar-refractivity contribution in [3.05, 3.63) is 47.8 Å². The van der Waals surface area contributed by atoms with Crippen molar-refractivity contribution in [3.8, 4) is 0 Å². The van der Waals surface area contributed by atoms with Crippen LogP contribution in [0.4, 0.5) is 0 Å². The van der Waals surface area contributed by atoms with E-state index in [9.17, 15) is 0 Å². The van der Waals surface area contributed by atoms with Crippen LogP contribution in [0.25, 0.3) is 11.2 Å². The summed E-state index contributed by atoms with van der Waals surface area (Å²) in [5.41, 5.74) is 2.79. The maximum atomic E-state index is 6.28. The normalized spacial score (nSPS) is 14.6. The summed E-state index contributed by atoms with van der Waals surface area (Å²) in [5.74, 6) is 1.67. The van der Waals surface area contributed by atoms with Gasteiger partial charge in [0.1, 0.15) is 17.1 Å². The van der Waals surface area contributed by atoms with Crippen LogP contribution in [0.1, 0.15) is 42.4 Å². The molecule has 3 rings (SSSR count). The maximum Gasteiger partial charge on any atom is 0.160 e. The molecule has 4 nitrogen and oxygen atoms in total. The molecular formula is C15H16ClN3O. The summed E-state index contributed by atoms with van der Waals surface area (Å²) in [4.78, 5) is 9.15. The molecule has 0 bridgehead atoms. The highest BCUT2D eigenvalue weighted by molar-refractivity contribution is 6.20. The van der Waals surface area contributed by atoms with Crippen LogP contribution in [-0.4, -0.2) is 14.5 Å². The van der Waals surface area contributed by atoms with Crippen LogP contribution in [-0.2, 0) is 0 Å². The van der Waals surface area contributed by atoms with E-state index < -0.39 is 0 Å². The van der Waals surface area contributed by atoms with Crippen LogP contribution in [0.3, 0.4) is 0 Å². The number of fused-ring (bicyclic) bond motifs is 1. The summed E-state index contributed by atoms with van der Waals surface area (Å²) in [6.07, 6.45) is 3.52. The zero-order valence-electron chi connectivity index (χ0n) is 11.7. The van der Waals surface area contributed by atoms with Gasteiger partial charge in [-0.1, -0.05) is 0 Å². The van der Waals surface area contributed by atoms with Crippen LogP contribution in [0.5, 0.6) is 0 Å². The standard InChI is InChI=1S/C15H16ClN3O/c1-9-7-12-15(17-8-9)19(14(18-12)10(2)16)11(3)13-5-4-6-20-13/h4-8,10-11H,1-3H3. The molecule has 0 aliphatic rings. The highest BCUT2D eigenvalue weighted by Gasteiger charge is 2.22. The summed E-state index contributed by atoms with van der Waals surface area (Å²) in [7, 11) is 0. The van der Waals surface area contributed by atoms with Gasteiger partial charge < -0.3 is 8.98 Å². The molecule has 0 aliphatic carbocycles. The number of halogens is 1. The number of nitrogens with zero attached hydrogens (tertiary/aromatic N) is 3. The number of rotatable bonds is 3. The summed E-state index contributed by atoms with van der Waals surface area (Å²) >= 11 is 6.28. The van der Waals surface area contributed by atoms with Crippen LogP contribution >= 0.6 is 11.6 Å². The Bertz CT molecular complexity index is 731. The lowest BCUT2D eigenvalue weighted by atomic mass is 10.2. The number of imidazole rings is 1. The van der Waals surface area contributed by atoms with E-state index in [1.165, 1.54) is 0 Å². The van der Waals surface area contributed by atoms with E-state index >= 15 is 0 Å². The Morgan fingerprint density at radius 1 is 1.35 bits per heavy atom. The van der Waals surface area contributed by atoms with Crippen molar-refractivity contribution >= 4 is 22.8 Å². The molecule has 3 aromatic rings. The maximum absolute atomic E-state index is 6.28. The summed E-state index contributed by atoms with van der Waals surface area (Å²) in [6.45, 7) is 5.98. The molecule has 3 heterocycles. The molecular weight excluding hydrogens is 274 g/mol. The van der Waals surface area contributed by atoms with Crippen LogP contribution in [0.2, 0.25) is 0 Å². The van der Waals surface area contributed by atoms with Gasteiger partial charge >= 0.3 is 0 Å². The van der Waals surface area contributed by atoms with Crippen molar-refractivity contribution in [3.63, 3.8) is 0 Å². The first-order valence-corrected chi connectivity index (χ1v) is 7.03. The van der Waals surface area contributed by atoms with E-state index in [2.05, 4.69) is 16.9 Å². The Morgan fingerprint density at radius 2 is 2.15 bits per heavy atom. The number of pyridine rings is 1. The average molecular weight is 290 g/mol. The van der Waals surface area contributed by atoms with E-state index in [4.69, 9.17) is 16.0 Å². The van der Waals surface area contributed by atoms with Gasteiger partial charge in [-0.15, -0.1) is 11.6 Å². The Kier molecular flexibility index (Phi) is 3.26. The molecule has 104 valence electrons. The lowest BCUT2D eigenvalue weighted by molar-refractivity contribution is 0.443. The van der Waals surface area contributed by atoms with Crippen molar-refractivity contribution in [2.75, 3.05) is 0 Å². The molecule has 0 saturated heterocycles. The number of aryl methyl sites for hydroxylation is 1. The fourth-order valence-corrected chi connectivity index (χ4v) is 2.57. The average Bonchev–Trinajstić information content (AvgIpc) is 3.04. The van der Waals surface area contributed by atoms with Gasteiger partial charge in [0.15, 0.2) is 5.65 Å². The molecule has 0 radical (unpaired) electrons. The predicted octanol–water partition coefficient (Wildman–Crippen LogP) is 4.24. The number of hydrogen-bond acceptors (Lipinski definition) is 3. The van der Waals surface area contributed by atoms with Gasteiger partial charge in [0.05, 0.1) is 17.7 Å². The molecule has 2 unspecified atom stereocenters. The van der Waals surface area contributed by atoms with Gasteiger partial charge in [0.25, 0.3) is 0 Å². The fraction of sp³-hybridized carbons (Fsp3) is 0.333. The number of hydrogen-bond donors (Lipinski definition) is 0. The van der Waals surface area contributed by atoms with Crippen molar-refractivity contribution < 1.29 is 4.42 Å². The van der Waals surface area contributed by atoms with Gasteiger partial charge in [-0.25, -0.2) is 9.97 Å². The van der Waals surface area contributed by atoms with Crippen LogP contribution in [0.15, 0.2) is 35.1 Å². The summed E-state index contributed by atoms with van der Waals surface area (Å²) in [6, 6.07) is 5.86. The fourth-order valence-electron chi connectivity index (χ4n) is 2.42. The number of aromatic nitrogens is 3. The molecule has 2 atom stereocenters. The minimum Gasteiger partial charge on any atom is -0.467 e. The first kappa shape index (κ1) is 13.2. The molecule has 3 aromatic heterocycles. The molecule has 0 aliphatic heterocycles. The highest BCUT2D eigenvalue weighted by Crippen LogP contribution is 2.30. The van der Waals surface area contributed by atoms with Crippen LogP contribution < -0.4 is 0 Å². The lowest BCUT2D eigenvalue weighted by Crippen LogP contribution is -2.11. The second-order valence-corrected chi connectivity index (χ2v) is 5.66. The summed E-state index contributed by atoms with van der Waals surface area (Å²) < 4.78 is 7.55. The molecule has 0 N–H and O–H groups in total. The Morgan fingerprint density at radius 3 is 2.80 bits per heavy atom. The summed E-state index contributed by atoms with van der Waals surface area (Å²) in [5, 5.41) is -0.193. The van der Waals surface area contributed by atoms with Crippen molar-refractivity contribution in [1.82, 2.24) is 14.5 Å². The molecule has 0 amide bonds. The highest BCUT2D eigenvalue weighted by atomic mass is 35.5. The number of furan rings is 1. The third kappa shape index (κ3) is 2.10. The Balaban J connectivity index is 2.24. The van der Waals surface area contributed by atoms with Crippen molar-refractivity contribution in [1.29, 1.82) is 0 Å². The van der Waals surface area contributed by atoms with E-state index in [1.807, 2.05) is 42.8 Å². The van der Waals surface area contributed by atoms with Gasteiger partial charge in [-0.2, -0.15) is 0 Å². The van der Waals surface area contributed by atoms with E-state index in [-0.39, 0.29) is 11.4 Å². The van der Waals surface area contributed by atoms with E-state index in [1.54, 1.807) is 6.26 Å². The second-order valence-electron chi connectivity index (χ2n) is 5.00. The molecule has 5 heteroatoms. The third-order valence-electron chi connectivity index (χ3n) is 3.39. The van der Waals surface area contributed by atoms with Crippen molar-refractivity contribution in [2.24, 2.45) is 0 Å². The van der Waals surface area contributed by atoms with Gasteiger partial charge in [0.2, 0.25) is 0 Å². The largest absolute Gasteiger partial charge is 0.467 e. The zero-order chi connectivity index (χ0) is 14.3. The SMILES string of the molecule is Cc1cnc2c(c1)nc(C(C)Cl)n2C(C)c1ccco1. The van der Waals surface area contributed by atoms with E-state index in [0.29, 0.717) is 0 Å². The first-order chi connectivity index (χ1) is 9.58. The lowest BCUT2D eigenvalue weighted by Gasteiger charge is -2.16. The first-order valence-electron chi connectivity index (χ1n) is 6.60. The number of alkyl halides is 1. The Hall–Kier alpha value is -1.81. The van der Waals surface area contributed by atoms with Crippen molar-refractivity contribution in [2.45, 2.75) is 32.2 Å². The third-order valence-corrected chi connectivity index (χ3v) is 3.59. The zero-order valence-corrected chi connectivity index (χ0v) is 12.4. The molecule has 0 aromatic carbocycles. The second kappa shape index (κ2) is 4.94. The topological polar surface area (TPSA) is 43.9 Å². The van der Waals surface area contributed by atoms with Gasteiger partial charge in [-0.05, 0) is 44.5 Å². The molecule has 20 heavy (non-hydrogen) atoms. The minimum atomic E-state index is -0.193. The van der Waals surface area contributed by atoms with Crippen LogP contribution in [0, 0.1) is 6.92 Å². The minimum absolute atomic E-state index is 0.00130. The molecule has 0 spiro atoms. The smallest absolute Gasteiger partial charge is 0.160 e. The molecule has 0 saturated carbocycles. The van der Waals surface area contributed by atoms with Gasteiger partial charge in [-0.3, -0.25) is 0 Å². The van der Waals surface area contributed by atoms with Gasteiger partial charge in [0, 0.05) is 6.20 Å². The Labute approximate surface area is 122 Å². The monoisotopic (exact) mass is 289 g/mol. The molecule has 0 fully saturated rings. The quantitative estimate of drug-likeness (QED) is 0.677. The van der Waals surface area contributed by atoms with E-state index in [0.717, 1.165) is 28.3 Å².